The minimum absolute atomic E-state index is 0.214. The first-order valence-corrected chi connectivity index (χ1v) is 12.0. The molecule has 4 aromatic rings. The molecule has 1 fully saturated rings. The largest absolute Gasteiger partial charge is 0.493 e. The summed E-state index contributed by atoms with van der Waals surface area (Å²) < 4.78 is 11.1. The molecule has 5 rings (SSSR count). The lowest BCUT2D eigenvalue weighted by atomic mass is 9.98. The van der Waals surface area contributed by atoms with Gasteiger partial charge in [-0.1, -0.05) is 18.2 Å². The van der Waals surface area contributed by atoms with Crippen LogP contribution in [0.5, 0.6) is 5.75 Å². The minimum atomic E-state index is -0.963. The van der Waals surface area contributed by atoms with Gasteiger partial charge in [0.1, 0.15) is 11.6 Å². The number of ether oxygens (including phenoxy) is 1. The van der Waals surface area contributed by atoms with Gasteiger partial charge in [0.15, 0.2) is 12.2 Å². The number of piperidine rings is 1. The summed E-state index contributed by atoms with van der Waals surface area (Å²) in [4.78, 5) is 34.4. The Morgan fingerprint density at radius 2 is 1.84 bits per heavy atom. The lowest BCUT2D eigenvalue weighted by molar-refractivity contribution is 0.0696. The number of aromatic carboxylic acids is 1. The predicted molar refractivity (Wildman–Crippen MR) is 138 cm³/mol. The summed E-state index contributed by atoms with van der Waals surface area (Å²) in [6.07, 6.45) is 6.56. The highest BCUT2D eigenvalue weighted by Gasteiger charge is 2.21. The van der Waals surface area contributed by atoms with E-state index in [1.807, 2.05) is 24.3 Å². The van der Waals surface area contributed by atoms with Crippen molar-refractivity contribution in [1.82, 2.24) is 9.97 Å². The zero-order valence-electron chi connectivity index (χ0n) is 20.0. The molecule has 0 spiro atoms. The van der Waals surface area contributed by atoms with Gasteiger partial charge < -0.3 is 24.5 Å². The van der Waals surface area contributed by atoms with Crippen molar-refractivity contribution in [1.29, 1.82) is 0 Å². The quantitative estimate of drug-likeness (QED) is 0.349. The van der Waals surface area contributed by atoms with Crippen molar-refractivity contribution < 1.29 is 23.8 Å². The van der Waals surface area contributed by atoms with Crippen LogP contribution >= 0.6 is 0 Å². The number of rotatable bonds is 8. The second-order valence-electron chi connectivity index (χ2n) is 8.88. The van der Waals surface area contributed by atoms with Crippen LogP contribution in [0.25, 0.3) is 11.3 Å². The van der Waals surface area contributed by atoms with Crippen LogP contribution in [0, 0.1) is 5.92 Å². The molecule has 0 saturated carbocycles. The number of amides is 1. The number of hydrogen-bond acceptors (Lipinski definition) is 7. The molecule has 1 saturated heterocycles. The zero-order valence-corrected chi connectivity index (χ0v) is 20.0. The van der Waals surface area contributed by atoms with Gasteiger partial charge in [0.25, 0.3) is 5.91 Å². The maximum atomic E-state index is 12.6. The van der Waals surface area contributed by atoms with Crippen molar-refractivity contribution in [3.8, 4) is 17.1 Å². The lowest BCUT2D eigenvalue weighted by Crippen LogP contribution is -2.36. The Hall–Kier alpha value is -4.66. The fourth-order valence-electron chi connectivity index (χ4n) is 4.26. The van der Waals surface area contributed by atoms with Crippen LogP contribution in [-0.4, -0.2) is 46.6 Å². The third-order valence-corrected chi connectivity index (χ3v) is 6.37. The molecule has 0 bridgehead atoms. The maximum absolute atomic E-state index is 12.6. The smallest absolute Gasteiger partial charge is 0.335 e. The van der Waals surface area contributed by atoms with E-state index in [9.17, 15) is 9.59 Å². The normalized spacial score (nSPS) is 13.8. The van der Waals surface area contributed by atoms with E-state index in [2.05, 4.69) is 20.2 Å². The average molecular weight is 499 g/mol. The SMILES string of the molecule is O=C(O)c1cccc(OCC2CCN(c3ccc(NC(=O)c4ccc(-c5cnco5)cc4)cn3)CC2)c1. The fourth-order valence-corrected chi connectivity index (χ4v) is 4.26. The summed E-state index contributed by atoms with van der Waals surface area (Å²) in [5, 5.41) is 12.0. The molecule has 2 N–H and O–H groups in total. The van der Waals surface area contributed by atoms with E-state index in [1.54, 1.807) is 48.8 Å². The molecule has 188 valence electrons. The second-order valence-corrected chi connectivity index (χ2v) is 8.88. The van der Waals surface area contributed by atoms with Crippen LogP contribution in [0.3, 0.4) is 0 Å². The molecule has 2 aromatic carbocycles. The number of carboxylic acids is 1. The van der Waals surface area contributed by atoms with Gasteiger partial charge in [-0.25, -0.2) is 14.8 Å². The number of anilines is 2. The van der Waals surface area contributed by atoms with Gasteiger partial charge in [0, 0.05) is 24.2 Å². The van der Waals surface area contributed by atoms with Gasteiger partial charge in [-0.15, -0.1) is 0 Å². The third-order valence-electron chi connectivity index (χ3n) is 6.37. The molecular weight excluding hydrogens is 472 g/mol. The summed E-state index contributed by atoms with van der Waals surface area (Å²) in [5.41, 5.74) is 2.23. The molecule has 2 aromatic heterocycles. The van der Waals surface area contributed by atoms with Crippen LogP contribution in [0.4, 0.5) is 11.5 Å². The average Bonchev–Trinajstić information content (AvgIpc) is 3.48. The van der Waals surface area contributed by atoms with Crippen molar-refractivity contribution in [2.24, 2.45) is 5.92 Å². The number of hydrogen-bond donors (Lipinski definition) is 2. The molecule has 9 heteroatoms. The number of carbonyl (C=O) groups excluding carboxylic acids is 1. The first-order valence-electron chi connectivity index (χ1n) is 12.0. The van der Waals surface area contributed by atoms with Crippen molar-refractivity contribution in [2.45, 2.75) is 12.8 Å². The molecule has 1 aliphatic heterocycles. The second kappa shape index (κ2) is 10.9. The highest BCUT2D eigenvalue weighted by atomic mass is 16.5. The molecule has 0 radical (unpaired) electrons. The Morgan fingerprint density at radius 3 is 2.51 bits per heavy atom. The zero-order chi connectivity index (χ0) is 25.6. The van der Waals surface area contributed by atoms with E-state index >= 15 is 0 Å². The highest BCUT2D eigenvalue weighted by Crippen LogP contribution is 2.25. The number of carbonyl (C=O) groups is 2. The molecule has 0 atom stereocenters. The first-order chi connectivity index (χ1) is 18.0. The number of pyridine rings is 1. The van der Waals surface area contributed by atoms with E-state index in [0.29, 0.717) is 35.3 Å². The first kappa shape index (κ1) is 24.1. The number of nitrogens with one attached hydrogen (secondary N) is 1. The molecule has 1 amide bonds. The number of oxazole rings is 1. The summed E-state index contributed by atoms with van der Waals surface area (Å²) in [5.74, 6) is 1.30. The topological polar surface area (TPSA) is 118 Å². The number of nitrogens with zero attached hydrogens (tertiary/aromatic N) is 3. The number of benzene rings is 2. The van der Waals surface area contributed by atoms with E-state index in [1.165, 1.54) is 6.39 Å². The Balaban J connectivity index is 1.10. The van der Waals surface area contributed by atoms with Gasteiger partial charge in [-0.2, -0.15) is 0 Å². The highest BCUT2D eigenvalue weighted by molar-refractivity contribution is 6.04. The van der Waals surface area contributed by atoms with Crippen molar-refractivity contribution in [2.75, 3.05) is 29.9 Å². The van der Waals surface area contributed by atoms with Crippen molar-refractivity contribution in [3.05, 3.63) is 90.6 Å². The third kappa shape index (κ3) is 5.95. The Morgan fingerprint density at radius 1 is 1.03 bits per heavy atom. The van der Waals surface area contributed by atoms with Gasteiger partial charge in [-0.05, 0) is 61.2 Å². The standard InChI is InChI=1S/C28H26N4O5/c33-27(21-6-4-20(5-7-21)25-16-29-18-37-25)31-23-8-9-26(30-15-23)32-12-10-19(11-13-32)17-36-24-3-1-2-22(14-24)28(34)35/h1-9,14-16,18-19H,10-13,17H2,(H,31,33)(H,34,35). The van der Waals surface area contributed by atoms with Crippen LogP contribution in [0.2, 0.25) is 0 Å². The van der Waals surface area contributed by atoms with Crippen LogP contribution in [-0.2, 0) is 0 Å². The molecule has 9 nitrogen and oxygen atoms in total. The fraction of sp³-hybridized carbons (Fsp3) is 0.214. The van der Waals surface area contributed by atoms with E-state index < -0.39 is 5.97 Å². The minimum Gasteiger partial charge on any atom is -0.493 e. The Bertz CT molecular complexity index is 1350. The molecule has 0 unspecified atom stereocenters. The molecule has 0 aliphatic carbocycles. The summed E-state index contributed by atoms with van der Waals surface area (Å²) in [6.45, 7) is 2.24. The van der Waals surface area contributed by atoms with Crippen LogP contribution in [0.15, 0.2) is 83.9 Å². The van der Waals surface area contributed by atoms with Crippen molar-refractivity contribution in [3.63, 3.8) is 0 Å². The molecule has 1 aliphatic rings. The predicted octanol–water partition coefficient (Wildman–Crippen LogP) is 4.98. The Labute approximate surface area is 213 Å². The lowest BCUT2D eigenvalue weighted by Gasteiger charge is -2.32. The van der Waals surface area contributed by atoms with Gasteiger partial charge >= 0.3 is 5.97 Å². The summed E-state index contributed by atoms with van der Waals surface area (Å²) >= 11 is 0. The van der Waals surface area contributed by atoms with Gasteiger partial charge in [0.05, 0.1) is 30.3 Å². The monoisotopic (exact) mass is 498 g/mol. The van der Waals surface area contributed by atoms with Crippen LogP contribution < -0.4 is 15.0 Å². The van der Waals surface area contributed by atoms with E-state index in [-0.39, 0.29) is 11.5 Å². The molecular formula is C28H26N4O5. The summed E-state index contributed by atoms with van der Waals surface area (Å²) in [6, 6.07) is 17.5. The summed E-state index contributed by atoms with van der Waals surface area (Å²) in [7, 11) is 0. The van der Waals surface area contributed by atoms with Crippen LogP contribution in [0.1, 0.15) is 33.6 Å². The molecule has 3 heterocycles. The van der Waals surface area contributed by atoms with Gasteiger partial charge in [-0.3, -0.25) is 4.79 Å². The maximum Gasteiger partial charge on any atom is 0.335 e. The Kier molecular flexibility index (Phi) is 7.12. The van der Waals surface area contributed by atoms with E-state index in [0.717, 1.165) is 37.3 Å². The number of carboxylic acid groups (broad SMARTS) is 1. The van der Waals surface area contributed by atoms with E-state index in [4.69, 9.17) is 14.3 Å². The molecule has 37 heavy (non-hydrogen) atoms. The van der Waals surface area contributed by atoms with Gasteiger partial charge in [0.2, 0.25) is 0 Å². The van der Waals surface area contributed by atoms with Crippen molar-refractivity contribution >= 4 is 23.4 Å². The number of aromatic nitrogens is 2.